The largest absolute Gasteiger partial charge is 0.468 e. The van der Waals surface area contributed by atoms with Gasteiger partial charge in [0.15, 0.2) is 0 Å². The Kier molecular flexibility index (Phi) is 4.79. The first-order valence-corrected chi connectivity index (χ1v) is 9.24. The van der Waals surface area contributed by atoms with Gasteiger partial charge < -0.3 is 4.74 Å². The first-order valence-electron chi connectivity index (χ1n) is 8.71. The molecule has 0 saturated carbocycles. The van der Waals surface area contributed by atoms with E-state index in [2.05, 4.69) is 47.8 Å². The first kappa shape index (κ1) is 16.9. The molecular formula is C23H20ClNO. The van der Waals surface area contributed by atoms with Gasteiger partial charge in [-0.05, 0) is 11.6 Å². The van der Waals surface area contributed by atoms with Crippen molar-refractivity contribution in [2.24, 2.45) is 0 Å². The summed E-state index contributed by atoms with van der Waals surface area (Å²) in [5.74, 6) is 1.10. The maximum atomic E-state index is 6.47. The molecule has 1 N–H and O–H groups in total. The van der Waals surface area contributed by atoms with Crippen molar-refractivity contribution < 1.29 is 4.74 Å². The molecule has 3 heteroatoms. The molecule has 0 saturated heterocycles. The molecule has 0 spiro atoms. The van der Waals surface area contributed by atoms with E-state index in [1.807, 2.05) is 54.6 Å². The van der Waals surface area contributed by atoms with Crippen molar-refractivity contribution in [3.63, 3.8) is 0 Å². The van der Waals surface area contributed by atoms with Crippen LogP contribution in [0.3, 0.4) is 0 Å². The molecule has 1 atom stereocenters. The van der Waals surface area contributed by atoms with Gasteiger partial charge in [-0.15, -0.1) is 11.6 Å². The SMILES string of the molecule is ClCC1=CC(c2ccccc2)NC(c2ccccc2)(c2ccccc2)O1. The summed E-state index contributed by atoms with van der Waals surface area (Å²) in [4.78, 5) is 0. The Morgan fingerprint density at radius 2 is 1.27 bits per heavy atom. The number of nitrogens with one attached hydrogen (secondary N) is 1. The van der Waals surface area contributed by atoms with E-state index in [-0.39, 0.29) is 6.04 Å². The number of rotatable bonds is 4. The third-order valence-electron chi connectivity index (χ3n) is 4.65. The van der Waals surface area contributed by atoms with Gasteiger partial charge in [0.2, 0.25) is 5.72 Å². The van der Waals surface area contributed by atoms with Gasteiger partial charge in [0.05, 0.1) is 11.9 Å². The topological polar surface area (TPSA) is 21.3 Å². The van der Waals surface area contributed by atoms with Gasteiger partial charge in [-0.1, -0.05) is 91.0 Å². The zero-order valence-corrected chi connectivity index (χ0v) is 15.1. The van der Waals surface area contributed by atoms with Crippen LogP contribution < -0.4 is 5.32 Å². The second-order valence-corrected chi connectivity index (χ2v) is 6.58. The highest BCUT2D eigenvalue weighted by Crippen LogP contribution is 2.39. The molecule has 0 aromatic heterocycles. The van der Waals surface area contributed by atoms with Crippen LogP contribution in [0.15, 0.2) is 103 Å². The smallest absolute Gasteiger partial charge is 0.213 e. The predicted molar refractivity (Wildman–Crippen MR) is 106 cm³/mol. The minimum Gasteiger partial charge on any atom is -0.468 e. The van der Waals surface area contributed by atoms with Crippen LogP contribution in [0.1, 0.15) is 22.7 Å². The summed E-state index contributed by atoms with van der Waals surface area (Å²) in [7, 11) is 0. The van der Waals surface area contributed by atoms with Gasteiger partial charge in [-0.25, -0.2) is 0 Å². The molecule has 0 fully saturated rings. The lowest BCUT2D eigenvalue weighted by atomic mass is 9.90. The zero-order valence-electron chi connectivity index (χ0n) is 14.3. The van der Waals surface area contributed by atoms with Gasteiger partial charge in [0, 0.05) is 11.1 Å². The number of hydrogen-bond acceptors (Lipinski definition) is 2. The van der Waals surface area contributed by atoms with E-state index >= 15 is 0 Å². The number of allylic oxidation sites excluding steroid dienone is 1. The quantitative estimate of drug-likeness (QED) is 0.630. The number of alkyl halides is 1. The molecule has 1 aliphatic heterocycles. The highest BCUT2D eigenvalue weighted by molar-refractivity contribution is 6.19. The second-order valence-electron chi connectivity index (χ2n) is 6.31. The standard InChI is InChI=1S/C23H20ClNO/c24-17-21-16-22(18-10-4-1-5-11-18)25-23(26-21,19-12-6-2-7-13-19)20-14-8-3-9-15-20/h1-16,22,25H,17H2. The van der Waals surface area contributed by atoms with Gasteiger partial charge in [0.1, 0.15) is 5.76 Å². The van der Waals surface area contributed by atoms with Crippen LogP contribution in [0.4, 0.5) is 0 Å². The Hall–Kier alpha value is -2.55. The molecule has 1 unspecified atom stereocenters. The Balaban J connectivity index is 1.87. The van der Waals surface area contributed by atoms with Crippen molar-refractivity contribution in [3.05, 3.63) is 120 Å². The van der Waals surface area contributed by atoms with Gasteiger partial charge >= 0.3 is 0 Å². The minimum atomic E-state index is -0.790. The summed E-state index contributed by atoms with van der Waals surface area (Å²) in [6.07, 6.45) is 2.06. The van der Waals surface area contributed by atoms with E-state index in [4.69, 9.17) is 16.3 Å². The summed E-state index contributed by atoms with van der Waals surface area (Å²) >= 11 is 6.21. The van der Waals surface area contributed by atoms with Gasteiger partial charge in [-0.2, -0.15) is 0 Å². The molecule has 1 aliphatic rings. The van der Waals surface area contributed by atoms with Crippen LogP contribution in [0.5, 0.6) is 0 Å². The van der Waals surface area contributed by atoms with Gasteiger partial charge in [0.25, 0.3) is 0 Å². The van der Waals surface area contributed by atoms with Crippen LogP contribution in [-0.2, 0) is 10.5 Å². The minimum absolute atomic E-state index is 0.000822. The fourth-order valence-electron chi connectivity index (χ4n) is 3.42. The van der Waals surface area contributed by atoms with Crippen LogP contribution in [-0.4, -0.2) is 5.88 Å². The Morgan fingerprint density at radius 1 is 0.769 bits per heavy atom. The zero-order chi connectivity index (χ0) is 17.8. The highest BCUT2D eigenvalue weighted by atomic mass is 35.5. The molecule has 0 radical (unpaired) electrons. The predicted octanol–water partition coefficient (Wildman–Crippen LogP) is 5.37. The molecule has 3 aromatic carbocycles. The Morgan fingerprint density at radius 3 is 1.77 bits per heavy atom. The average Bonchev–Trinajstić information content (AvgIpc) is 2.75. The Labute approximate surface area is 159 Å². The molecule has 26 heavy (non-hydrogen) atoms. The fraction of sp³-hybridized carbons (Fsp3) is 0.130. The lowest BCUT2D eigenvalue weighted by Gasteiger charge is -2.42. The molecule has 0 aliphatic carbocycles. The maximum absolute atomic E-state index is 6.47. The Bertz CT molecular complexity index is 838. The van der Waals surface area contributed by atoms with E-state index in [0.29, 0.717) is 5.88 Å². The molecule has 0 bridgehead atoms. The van der Waals surface area contributed by atoms with Gasteiger partial charge in [-0.3, -0.25) is 5.32 Å². The maximum Gasteiger partial charge on any atom is 0.213 e. The molecule has 3 aromatic rings. The first-order chi connectivity index (χ1) is 12.8. The summed E-state index contributed by atoms with van der Waals surface area (Å²) in [6.45, 7) is 0. The highest BCUT2D eigenvalue weighted by Gasteiger charge is 2.41. The van der Waals surface area contributed by atoms with E-state index < -0.39 is 5.72 Å². The van der Waals surface area contributed by atoms with E-state index in [0.717, 1.165) is 16.9 Å². The fourth-order valence-corrected chi connectivity index (χ4v) is 3.56. The van der Waals surface area contributed by atoms with Crippen molar-refractivity contribution in [1.29, 1.82) is 0 Å². The summed E-state index contributed by atoms with van der Waals surface area (Å²) < 4.78 is 6.47. The van der Waals surface area contributed by atoms with Crippen molar-refractivity contribution in [2.45, 2.75) is 11.8 Å². The van der Waals surface area contributed by atoms with E-state index in [1.165, 1.54) is 5.56 Å². The second kappa shape index (κ2) is 7.36. The van der Waals surface area contributed by atoms with Crippen molar-refractivity contribution in [1.82, 2.24) is 5.32 Å². The number of hydrogen-bond donors (Lipinski definition) is 1. The normalized spacial score (nSPS) is 18.7. The summed E-state index contributed by atoms with van der Waals surface area (Å²) in [5, 5.41) is 3.72. The molecule has 4 rings (SSSR count). The third kappa shape index (κ3) is 3.14. The van der Waals surface area contributed by atoms with E-state index in [1.54, 1.807) is 0 Å². The van der Waals surface area contributed by atoms with Crippen LogP contribution in [0.2, 0.25) is 0 Å². The number of benzene rings is 3. The van der Waals surface area contributed by atoms with Crippen LogP contribution in [0, 0.1) is 0 Å². The number of halogens is 1. The lowest BCUT2D eigenvalue weighted by Crippen LogP contribution is -2.49. The average molecular weight is 362 g/mol. The summed E-state index contributed by atoms with van der Waals surface area (Å²) in [5.41, 5.74) is 2.47. The molecule has 130 valence electrons. The molecule has 2 nitrogen and oxygen atoms in total. The molecule has 0 amide bonds. The summed E-state index contributed by atoms with van der Waals surface area (Å²) in [6, 6.07) is 30.8. The van der Waals surface area contributed by atoms with Crippen molar-refractivity contribution in [2.75, 3.05) is 5.88 Å². The monoisotopic (exact) mass is 361 g/mol. The van der Waals surface area contributed by atoms with Crippen molar-refractivity contribution in [3.8, 4) is 0 Å². The van der Waals surface area contributed by atoms with Crippen molar-refractivity contribution >= 4 is 11.6 Å². The number of ether oxygens (including phenoxy) is 1. The molecular weight excluding hydrogens is 342 g/mol. The molecule has 1 heterocycles. The van der Waals surface area contributed by atoms with Crippen LogP contribution in [0.25, 0.3) is 0 Å². The van der Waals surface area contributed by atoms with E-state index in [9.17, 15) is 0 Å². The third-order valence-corrected chi connectivity index (χ3v) is 4.91. The lowest BCUT2D eigenvalue weighted by molar-refractivity contribution is -0.0166. The van der Waals surface area contributed by atoms with Crippen LogP contribution >= 0.6 is 11.6 Å².